The zero-order valence-electron chi connectivity index (χ0n) is 11.2. The van der Waals surface area contributed by atoms with E-state index in [2.05, 4.69) is 20.0 Å². The second-order valence-electron chi connectivity index (χ2n) is 4.50. The maximum absolute atomic E-state index is 11.8. The minimum Gasteiger partial charge on any atom is -0.313 e. The van der Waals surface area contributed by atoms with Gasteiger partial charge in [-0.2, -0.15) is 0 Å². The minimum atomic E-state index is -3.40. The van der Waals surface area contributed by atoms with Crippen LogP contribution in [0.1, 0.15) is 25.2 Å². The number of aryl methyl sites for hydroxylation is 2. The molecule has 1 rings (SSSR count). The van der Waals surface area contributed by atoms with E-state index >= 15 is 0 Å². The molecule has 0 aliphatic heterocycles. The minimum absolute atomic E-state index is 0.00152. The molecule has 0 aromatic carbocycles. The number of nitrogens with one attached hydrogen (secondary N) is 2. The highest BCUT2D eigenvalue weighted by Crippen LogP contribution is 2.05. The largest absolute Gasteiger partial charge is 0.313 e. The van der Waals surface area contributed by atoms with E-state index in [1.54, 1.807) is 19.9 Å². The summed E-state index contributed by atoms with van der Waals surface area (Å²) in [7, 11) is -3.40. The van der Waals surface area contributed by atoms with Crippen molar-refractivity contribution < 1.29 is 8.42 Å². The molecule has 0 unspecified atom stereocenters. The van der Waals surface area contributed by atoms with Crippen LogP contribution in [-0.2, 0) is 10.0 Å². The van der Waals surface area contributed by atoms with Gasteiger partial charge in [-0.15, -0.1) is 0 Å². The van der Waals surface area contributed by atoms with Crippen molar-refractivity contribution in [2.24, 2.45) is 0 Å². The Morgan fingerprint density at radius 1 is 1.22 bits per heavy atom. The fourth-order valence-electron chi connectivity index (χ4n) is 1.44. The average molecular weight is 272 g/mol. The lowest BCUT2D eigenvalue weighted by atomic mass is 10.4. The number of rotatable bonds is 6. The number of hydrogen-bond acceptors (Lipinski definition) is 5. The summed E-state index contributed by atoms with van der Waals surface area (Å²) in [5.74, 6) is 0.138. The van der Waals surface area contributed by atoms with Gasteiger partial charge in [0.15, 0.2) is 0 Å². The molecule has 1 aromatic heterocycles. The van der Waals surface area contributed by atoms with Gasteiger partial charge in [-0.1, -0.05) is 13.8 Å². The Balaban J connectivity index is 2.64. The van der Waals surface area contributed by atoms with Crippen LogP contribution in [0.3, 0.4) is 0 Å². The summed E-state index contributed by atoms with van der Waals surface area (Å²) in [5.41, 5.74) is 1.47. The summed E-state index contributed by atoms with van der Waals surface area (Å²) in [4.78, 5) is 8.08. The van der Waals surface area contributed by atoms with Crippen LogP contribution in [0.15, 0.2) is 6.07 Å². The molecule has 0 atom stereocenters. The van der Waals surface area contributed by atoms with Crippen LogP contribution in [-0.4, -0.2) is 36.7 Å². The number of sulfonamides is 1. The van der Waals surface area contributed by atoms with E-state index in [9.17, 15) is 8.42 Å². The molecule has 0 saturated heterocycles. The van der Waals surface area contributed by atoms with Crippen molar-refractivity contribution in [2.75, 3.05) is 17.0 Å². The molecule has 0 bridgehead atoms. The molecule has 1 heterocycles. The maximum Gasteiger partial charge on any atom is 0.236 e. The SMILES string of the molecule is Cc1cc(C)nc(NS(=O)(=O)CCNC(C)C)n1. The summed E-state index contributed by atoms with van der Waals surface area (Å²) >= 11 is 0. The monoisotopic (exact) mass is 272 g/mol. The fraction of sp³-hybridized carbons (Fsp3) is 0.636. The van der Waals surface area contributed by atoms with Crippen molar-refractivity contribution >= 4 is 16.0 Å². The van der Waals surface area contributed by atoms with Gasteiger partial charge in [0.25, 0.3) is 0 Å². The molecule has 102 valence electrons. The highest BCUT2D eigenvalue weighted by molar-refractivity contribution is 7.92. The van der Waals surface area contributed by atoms with E-state index in [-0.39, 0.29) is 17.7 Å². The number of hydrogen-bond donors (Lipinski definition) is 2. The van der Waals surface area contributed by atoms with E-state index in [1.807, 2.05) is 13.8 Å². The molecule has 0 spiro atoms. The molecular formula is C11H20N4O2S. The first kappa shape index (κ1) is 14.8. The van der Waals surface area contributed by atoms with Crippen LogP contribution >= 0.6 is 0 Å². The van der Waals surface area contributed by atoms with Gasteiger partial charge in [-0.25, -0.2) is 18.4 Å². The predicted octanol–water partition coefficient (Wildman–Crippen LogP) is 0.833. The van der Waals surface area contributed by atoms with Crippen molar-refractivity contribution in [2.45, 2.75) is 33.7 Å². The first-order valence-electron chi connectivity index (χ1n) is 5.84. The number of nitrogens with zero attached hydrogens (tertiary/aromatic N) is 2. The Hall–Kier alpha value is -1.21. The third kappa shape index (κ3) is 5.42. The first-order valence-corrected chi connectivity index (χ1v) is 7.50. The summed E-state index contributed by atoms with van der Waals surface area (Å²) in [6.07, 6.45) is 0. The van der Waals surface area contributed by atoms with E-state index in [1.165, 1.54) is 0 Å². The molecular weight excluding hydrogens is 252 g/mol. The zero-order valence-corrected chi connectivity index (χ0v) is 12.0. The van der Waals surface area contributed by atoms with Crippen LogP contribution in [0, 0.1) is 13.8 Å². The van der Waals surface area contributed by atoms with Crippen LogP contribution in [0.4, 0.5) is 5.95 Å². The summed E-state index contributed by atoms with van der Waals surface area (Å²) < 4.78 is 25.9. The fourth-order valence-corrected chi connectivity index (χ4v) is 2.30. The maximum atomic E-state index is 11.8. The van der Waals surface area contributed by atoms with Crippen molar-refractivity contribution in [3.8, 4) is 0 Å². The van der Waals surface area contributed by atoms with Gasteiger partial charge in [0.05, 0.1) is 5.75 Å². The predicted molar refractivity (Wildman–Crippen MR) is 72.1 cm³/mol. The van der Waals surface area contributed by atoms with Crippen molar-refractivity contribution in [1.29, 1.82) is 0 Å². The third-order valence-corrected chi connectivity index (χ3v) is 3.39. The Morgan fingerprint density at radius 3 is 2.28 bits per heavy atom. The number of anilines is 1. The Morgan fingerprint density at radius 2 is 1.78 bits per heavy atom. The van der Waals surface area contributed by atoms with E-state index in [4.69, 9.17) is 0 Å². The van der Waals surface area contributed by atoms with Gasteiger partial charge in [0, 0.05) is 24.0 Å². The standard InChI is InChI=1S/C11H20N4O2S/c1-8(2)12-5-6-18(16,17)15-11-13-9(3)7-10(4)14-11/h7-8,12H,5-6H2,1-4H3,(H,13,14,15). The molecule has 1 aromatic rings. The highest BCUT2D eigenvalue weighted by Gasteiger charge is 2.12. The Bertz CT molecular complexity index is 480. The summed E-state index contributed by atoms with van der Waals surface area (Å²) in [6, 6.07) is 2.05. The molecule has 0 radical (unpaired) electrons. The van der Waals surface area contributed by atoms with Gasteiger partial charge < -0.3 is 5.32 Å². The van der Waals surface area contributed by atoms with E-state index in [0.717, 1.165) is 11.4 Å². The summed E-state index contributed by atoms with van der Waals surface area (Å²) in [5, 5.41) is 3.05. The van der Waals surface area contributed by atoms with Crippen LogP contribution in [0.5, 0.6) is 0 Å². The smallest absolute Gasteiger partial charge is 0.236 e. The van der Waals surface area contributed by atoms with Gasteiger partial charge in [-0.05, 0) is 19.9 Å². The van der Waals surface area contributed by atoms with Crippen LogP contribution < -0.4 is 10.0 Å². The van der Waals surface area contributed by atoms with Crippen molar-refractivity contribution in [3.63, 3.8) is 0 Å². The zero-order chi connectivity index (χ0) is 13.8. The van der Waals surface area contributed by atoms with Crippen molar-refractivity contribution in [1.82, 2.24) is 15.3 Å². The lowest BCUT2D eigenvalue weighted by molar-refractivity contribution is 0.581. The second-order valence-corrected chi connectivity index (χ2v) is 6.35. The van der Waals surface area contributed by atoms with Crippen LogP contribution in [0.25, 0.3) is 0 Å². The highest BCUT2D eigenvalue weighted by atomic mass is 32.2. The molecule has 2 N–H and O–H groups in total. The number of aromatic nitrogens is 2. The lowest BCUT2D eigenvalue weighted by Gasteiger charge is -2.10. The summed E-state index contributed by atoms with van der Waals surface area (Å²) in [6.45, 7) is 7.93. The van der Waals surface area contributed by atoms with Crippen LogP contribution in [0.2, 0.25) is 0 Å². The molecule has 0 aliphatic rings. The second kappa shape index (κ2) is 6.10. The molecule has 6 nitrogen and oxygen atoms in total. The quantitative estimate of drug-likeness (QED) is 0.801. The van der Waals surface area contributed by atoms with Crippen molar-refractivity contribution in [3.05, 3.63) is 17.5 Å². The molecule has 0 saturated carbocycles. The van der Waals surface area contributed by atoms with E-state index < -0.39 is 10.0 Å². The van der Waals surface area contributed by atoms with E-state index in [0.29, 0.717) is 6.54 Å². The normalized spacial score (nSPS) is 11.8. The van der Waals surface area contributed by atoms with Gasteiger partial charge in [-0.3, -0.25) is 4.72 Å². The third-order valence-electron chi connectivity index (χ3n) is 2.15. The molecule has 0 aliphatic carbocycles. The molecule has 0 fully saturated rings. The average Bonchev–Trinajstić information content (AvgIpc) is 2.12. The molecule has 0 amide bonds. The Labute approximate surface area is 108 Å². The van der Waals surface area contributed by atoms with Gasteiger partial charge >= 0.3 is 0 Å². The Kier molecular flexibility index (Phi) is 5.03. The first-order chi connectivity index (χ1) is 8.28. The topological polar surface area (TPSA) is 84.0 Å². The lowest BCUT2D eigenvalue weighted by Crippen LogP contribution is -2.31. The molecule has 7 heteroatoms. The molecule has 18 heavy (non-hydrogen) atoms. The van der Waals surface area contributed by atoms with Gasteiger partial charge in [0.2, 0.25) is 16.0 Å². The van der Waals surface area contributed by atoms with Gasteiger partial charge in [0.1, 0.15) is 0 Å².